The lowest BCUT2D eigenvalue weighted by atomic mass is 10.0. The lowest BCUT2D eigenvalue weighted by molar-refractivity contribution is 0.1000. The van der Waals surface area contributed by atoms with Crippen LogP contribution in [-0.2, 0) is 0 Å². The maximum Gasteiger partial charge on any atom is 0.248 e. The molecule has 1 amide bonds. The highest BCUT2D eigenvalue weighted by Crippen LogP contribution is 2.31. The van der Waals surface area contributed by atoms with Crippen LogP contribution in [0, 0.1) is 13.8 Å². The Morgan fingerprint density at radius 1 is 1.08 bits per heavy atom. The number of aryl methyl sites for hydroxylation is 2. The number of nitrogens with two attached hydrogens (primary N) is 1. The SMILES string of the molecule is CCCCCCC(Oc1cc(C)c(Br)c(C)c1)c1ccc(C(N)=O)cc1. The van der Waals surface area contributed by atoms with E-state index >= 15 is 0 Å². The number of hydrogen-bond donors (Lipinski definition) is 1. The van der Waals surface area contributed by atoms with Gasteiger partial charge in [-0.15, -0.1) is 0 Å². The van der Waals surface area contributed by atoms with Crippen molar-refractivity contribution in [2.24, 2.45) is 5.73 Å². The molecular formula is C22H28BrNO2. The van der Waals surface area contributed by atoms with Gasteiger partial charge in [0, 0.05) is 10.0 Å². The summed E-state index contributed by atoms with van der Waals surface area (Å²) in [5, 5.41) is 0. The van der Waals surface area contributed by atoms with Gasteiger partial charge in [0.1, 0.15) is 11.9 Å². The quantitative estimate of drug-likeness (QED) is 0.489. The third kappa shape index (κ3) is 5.60. The first-order valence-electron chi connectivity index (χ1n) is 9.25. The van der Waals surface area contributed by atoms with E-state index in [1.807, 2.05) is 12.1 Å². The van der Waals surface area contributed by atoms with Crippen molar-refractivity contribution in [2.75, 3.05) is 0 Å². The van der Waals surface area contributed by atoms with Gasteiger partial charge in [-0.2, -0.15) is 0 Å². The fourth-order valence-electron chi connectivity index (χ4n) is 3.05. The Morgan fingerprint density at radius 3 is 2.23 bits per heavy atom. The van der Waals surface area contributed by atoms with E-state index in [2.05, 4.69) is 48.8 Å². The topological polar surface area (TPSA) is 52.3 Å². The van der Waals surface area contributed by atoms with E-state index in [-0.39, 0.29) is 6.10 Å². The van der Waals surface area contributed by atoms with E-state index in [1.165, 1.54) is 19.3 Å². The molecule has 26 heavy (non-hydrogen) atoms. The van der Waals surface area contributed by atoms with Gasteiger partial charge in [0.15, 0.2) is 0 Å². The van der Waals surface area contributed by atoms with Crippen molar-refractivity contribution in [3.63, 3.8) is 0 Å². The zero-order chi connectivity index (χ0) is 19.1. The molecule has 2 aromatic carbocycles. The monoisotopic (exact) mass is 417 g/mol. The van der Waals surface area contributed by atoms with Crippen molar-refractivity contribution in [2.45, 2.75) is 59.0 Å². The number of primary amides is 1. The summed E-state index contributed by atoms with van der Waals surface area (Å²) in [6.07, 6.45) is 5.69. The molecule has 3 nitrogen and oxygen atoms in total. The first-order chi connectivity index (χ1) is 12.4. The summed E-state index contributed by atoms with van der Waals surface area (Å²) in [6.45, 7) is 6.35. The van der Waals surface area contributed by atoms with E-state index in [4.69, 9.17) is 10.5 Å². The Morgan fingerprint density at radius 2 is 1.69 bits per heavy atom. The van der Waals surface area contributed by atoms with Crippen molar-refractivity contribution in [1.82, 2.24) is 0 Å². The van der Waals surface area contributed by atoms with Gasteiger partial charge in [0.2, 0.25) is 5.91 Å². The number of benzene rings is 2. The Labute approximate surface area is 165 Å². The molecule has 140 valence electrons. The van der Waals surface area contributed by atoms with Crippen molar-refractivity contribution in [3.05, 3.63) is 63.1 Å². The molecule has 2 aromatic rings. The molecule has 0 aliphatic carbocycles. The van der Waals surface area contributed by atoms with Crippen molar-refractivity contribution >= 4 is 21.8 Å². The second-order valence-corrected chi connectivity index (χ2v) is 7.61. The summed E-state index contributed by atoms with van der Waals surface area (Å²) < 4.78 is 7.48. The van der Waals surface area contributed by atoms with Crippen LogP contribution in [0.4, 0.5) is 0 Å². The van der Waals surface area contributed by atoms with Crippen LogP contribution >= 0.6 is 15.9 Å². The molecule has 0 heterocycles. The Bertz CT molecular complexity index is 717. The van der Waals surface area contributed by atoms with Crippen LogP contribution < -0.4 is 10.5 Å². The molecule has 4 heteroatoms. The van der Waals surface area contributed by atoms with Gasteiger partial charge in [-0.25, -0.2) is 0 Å². The number of amides is 1. The second kappa shape index (κ2) is 9.77. The molecule has 0 aliphatic heterocycles. The normalized spacial score (nSPS) is 12.0. The zero-order valence-corrected chi connectivity index (χ0v) is 17.4. The lowest BCUT2D eigenvalue weighted by Crippen LogP contribution is -2.12. The fourth-order valence-corrected chi connectivity index (χ4v) is 3.28. The number of carbonyl (C=O) groups is 1. The number of halogens is 1. The number of unbranched alkanes of at least 4 members (excludes halogenated alkanes) is 3. The van der Waals surface area contributed by atoms with Gasteiger partial charge in [-0.05, 0) is 67.6 Å². The molecule has 0 bridgehead atoms. The molecule has 0 radical (unpaired) electrons. The standard InChI is InChI=1S/C22H28BrNO2/c1-4-5-6-7-8-20(17-9-11-18(12-10-17)22(24)25)26-19-13-15(2)21(23)16(3)14-19/h9-14,20H,4-8H2,1-3H3,(H2,24,25). The summed E-state index contributed by atoms with van der Waals surface area (Å²) in [7, 11) is 0. The van der Waals surface area contributed by atoms with E-state index in [0.29, 0.717) is 5.56 Å². The van der Waals surface area contributed by atoms with Gasteiger partial charge in [-0.3, -0.25) is 4.79 Å². The Kier molecular flexibility index (Phi) is 7.70. The zero-order valence-electron chi connectivity index (χ0n) is 15.8. The Balaban J connectivity index is 2.21. The van der Waals surface area contributed by atoms with E-state index in [0.717, 1.165) is 39.8 Å². The highest BCUT2D eigenvalue weighted by molar-refractivity contribution is 9.10. The maximum atomic E-state index is 11.3. The summed E-state index contributed by atoms with van der Waals surface area (Å²) in [5.74, 6) is 0.471. The molecule has 1 atom stereocenters. The third-order valence-electron chi connectivity index (χ3n) is 4.58. The third-order valence-corrected chi connectivity index (χ3v) is 5.83. The second-order valence-electron chi connectivity index (χ2n) is 6.81. The first-order valence-corrected chi connectivity index (χ1v) is 10.0. The highest BCUT2D eigenvalue weighted by atomic mass is 79.9. The molecular weight excluding hydrogens is 390 g/mol. The first kappa shape index (κ1) is 20.5. The molecule has 0 aliphatic rings. The van der Waals surface area contributed by atoms with Crippen LogP contribution in [0.25, 0.3) is 0 Å². The van der Waals surface area contributed by atoms with E-state index in [9.17, 15) is 4.79 Å². The van der Waals surface area contributed by atoms with Gasteiger partial charge < -0.3 is 10.5 Å². The minimum atomic E-state index is -0.406. The minimum Gasteiger partial charge on any atom is -0.486 e. The van der Waals surface area contributed by atoms with Crippen LogP contribution in [0.2, 0.25) is 0 Å². The number of rotatable bonds is 9. The van der Waals surface area contributed by atoms with Crippen molar-refractivity contribution in [1.29, 1.82) is 0 Å². The summed E-state index contributed by atoms with van der Waals surface area (Å²) in [6, 6.07) is 11.6. The van der Waals surface area contributed by atoms with Crippen LogP contribution in [-0.4, -0.2) is 5.91 Å². The van der Waals surface area contributed by atoms with E-state index in [1.54, 1.807) is 12.1 Å². The molecule has 0 aromatic heterocycles. The predicted octanol–water partition coefficient (Wildman–Crippen LogP) is 6.26. The smallest absolute Gasteiger partial charge is 0.248 e. The molecule has 0 fully saturated rings. The number of hydrogen-bond acceptors (Lipinski definition) is 2. The van der Waals surface area contributed by atoms with Crippen LogP contribution in [0.3, 0.4) is 0 Å². The Hall–Kier alpha value is -1.81. The van der Waals surface area contributed by atoms with E-state index < -0.39 is 5.91 Å². The number of carbonyl (C=O) groups excluding carboxylic acids is 1. The fraction of sp³-hybridized carbons (Fsp3) is 0.409. The summed E-state index contributed by atoms with van der Waals surface area (Å²) >= 11 is 3.61. The van der Waals surface area contributed by atoms with Crippen LogP contribution in [0.15, 0.2) is 40.9 Å². The molecule has 2 rings (SSSR count). The molecule has 2 N–H and O–H groups in total. The van der Waals surface area contributed by atoms with Crippen molar-refractivity contribution < 1.29 is 9.53 Å². The predicted molar refractivity (Wildman–Crippen MR) is 111 cm³/mol. The molecule has 1 unspecified atom stereocenters. The molecule has 0 spiro atoms. The maximum absolute atomic E-state index is 11.3. The van der Waals surface area contributed by atoms with Crippen molar-refractivity contribution in [3.8, 4) is 5.75 Å². The molecule has 0 saturated heterocycles. The average Bonchev–Trinajstić information content (AvgIpc) is 2.62. The average molecular weight is 418 g/mol. The van der Waals surface area contributed by atoms with Crippen LogP contribution in [0.1, 0.15) is 72.2 Å². The van der Waals surface area contributed by atoms with Gasteiger partial charge >= 0.3 is 0 Å². The largest absolute Gasteiger partial charge is 0.486 e. The lowest BCUT2D eigenvalue weighted by Gasteiger charge is -2.21. The summed E-state index contributed by atoms with van der Waals surface area (Å²) in [4.78, 5) is 11.3. The summed E-state index contributed by atoms with van der Waals surface area (Å²) in [5.41, 5.74) is 9.27. The van der Waals surface area contributed by atoms with Gasteiger partial charge in [-0.1, -0.05) is 54.2 Å². The number of ether oxygens (including phenoxy) is 1. The van der Waals surface area contributed by atoms with Crippen LogP contribution in [0.5, 0.6) is 5.75 Å². The molecule has 0 saturated carbocycles. The minimum absolute atomic E-state index is 0.0336. The van der Waals surface area contributed by atoms with Gasteiger partial charge in [0.25, 0.3) is 0 Å². The van der Waals surface area contributed by atoms with Gasteiger partial charge in [0.05, 0.1) is 0 Å². The highest BCUT2D eigenvalue weighted by Gasteiger charge is 2.15.